The van der Waals surface area contributed by atoms with E-state index >= 15 is 0 Å². The van der Waals surface area contributed by atoms with Crippen LogP contribution in [-0.2, 0) is 6.54 Å². The van der Waals surface area contributed by atoms with Crippen LogP contribution in [0.4, 0.5) is 23.7 Å². The third kappa shape index (κ3) is 5.80. The Labute approximate surface area is 159 Å². The van der Waals surface area contributed by atoms with Crippen LogP contribution in [0, 0.1) is 12.8 Å². The normalized spacial score (nSPS) is 16.9. The number of aryl methyl sites for hydroxylation is 1. The zero-order valence-electron chi connectivity index (χ0n) is 15.3. The Morgan fingerprint density at radius 1 is 1.32 bits per heavy atom. The van der Waals surface area contributed by atoms with Gasteiger partial charge in [-0.25, -0.2) is 4.79 Å². The quantitative estimate of drug-likeness (QED) is 0.781. The number of nitrogens with zero attached hydrogens (tertiary/aromatic N) is 2. The number of benzene rings is 1. The van der Waals surface area contributed by atoms with Crippen molar-refractivity contribution in [2.75, 3.05) is 24.5 Å². The summed E-state index contributed by atoms with van der Waals surface area (Å²) >= 11 is 0. The Morgan fingerprint density at radius 2 is 2.07 bits per heavy atom. The molecule has 1 fully saturated rings. The molecule has 0 unspecified atom stereocenters. The Balaban J connectivity index is 1.40. The first-order valence-corrected chi connectivity index (χ1v) is 8.83. The topological polar surface area (TPSA) is 79.6 Å². The van der Waals surface area contributed by atoms with Gasteiger partial charge < -0.3 is 24.8 Å². The number of alkyl halides is 3. The average molecular weight is 398 g/mol. The van der Waals surface area contributed by atoms with Crippen LogP contribution in [0.3, 0.4) is 0 Å². The fraction of sp³-hybridized carbons (Fsp3) is 0.444. The van der Waals surface area contributed by atoms with Crippen molar-refractivity contribution in [2.24, 2.45) is 5.92 Å². The van der Waals surface area contributed by atoms with Gasteiger partial charge in [0, 0.05) is 31.4 Å². The smallest absolute Gasteiger partial charge is 0.406 e. The third-order valence-corrected chi connectivity index (χ3v) is 4.37. The highest BCUT2D eigenvalue weighted by atomic mass is 19.4. The van der Waals surface area contributed by atoms with E-state index in [1.807, 2.05) is 0 Å². The zero-order chi connectivity index (χ0) is 20.1. The van der Waals surface area contributed by atoms with Crippen LogP contribution in [-0.4, -0.2) is 37.2 Å². The summed E-state index contributed by atoms with van der Waals surface area (Å²) in [6, 6.07) is 7.26. The van der Waals surface area contributed by atoms with Gasteiger partial charge in [-0.3, -0.25) is 0 Å². The molecular formula is C18H21F3N4O3. The zero-order valence-corrected chi connectivity index (χ0v) is 15.3. The Morgan fingerprint density at radius 3 is 2.71 bits per heavy atom. The highest BCUT2D eigenvalue weighted by molar-refractivity contribution is 5.73. The van der Waals surface area contributed by atoms with Gasteiger partial charge in [-0.1, -0.05) is 5.16 Å². The molecule has 1 aliphatic heterocycles. The summed E-state index contributed by atoms with van der Waals surface area (Å²) in [6.45, 7) is 4.05. The molecule has 0 spiro atoms. The SMILES string of the molecule is Cc1cc(CNC(=O)NC[C@H]2CCN(c3ccc(OC(F)(F)F)cc3)C2)on1. The lowest BCUT2D eigenvalue weighted by atomic mass is 10.1. The fourth-order valence-corrected chi connectivity index (χ4v) is 3.06. The molecule has 1 aromatic heterocycles. The summed E-state index contributed by atoms with van der Waals surface area (Å²) in [4.78, 5) is 13.9. The van der Waals surface area contributed by atoms with Crippen LogP contribution >= 0.6 is 0 Å². The molecule has 0 aliphatic carbocycles. The molecule has 0 bridgehead atoms. The molecule has 3 rings (SSSR count). The molecule has 1 saturated heterocycles. The molecule has 2 heterocycles. The molecule has 2 N–H and O–H groups in total. The maximum Gasteiger partial charge on any atom is 0.573 e. The largest absolute Gasteiger partial charge is 0.573 e. The van der Waals surface area contributed by atoms with Crippen molar-refractivity contribution in [3.05, 3.63) is 41.8 Å². The van der Waals surface area contributed by atoms with Crippen molar-refractivity contribution < 1.29 is 27.2 Å². The molecular weight excluding hydrogens is 377 g/mol. The predicted octanol–water partition coefficient (Wildman–Crippen LogP) is 3.21. The van der Waals surface area contributed by atoms with E-state index in [4.69, 9.17) is 4.52 Å². The van der Waals surface area contributed by atoms with Gasteiger partial charge in [0.05, 0.1) is 12.2 Å². The van der Waals surface area contributed by atoms with E-state index < -0.39 is 6.36 Å². The van der Waals surface area contributed by atoms with Crippen molar-refractivity contribution in [3.8, 4) is 5.75 Å². The summed E-state index contributed by atoms with van der Waals surface area (Å²) in [7, 11) is 0. The van der Waals surface area contributed by atoms with Gasteiger partial charge in [0.15, 0.2) is 5.76 Å². The summed E-state index contributed by atoms with van der Waals surface area (Å²) in [5.41, 5.74) is 1.57. The van der Waals surface area contributed by atoms with Crippen LogP contribution in [0.2, 0.25) is 0 Å². The highest BCUT2D eigenvalue weighted by Gasteiger charge is 2.31. The first-order valence-electron chi connectivity index (χ1n) is 8.83. The number of halogens is 3. The van der Waals surface area contributed by atoms with E-state index in [1.165, 1.54) is 12.1 Å². The van der Waals surface area contributed by atoms with Crippen molar-refractivity contribution in [2.45, 2.75) is 26.3 Å². The second-order valence-electron chi connectivity index (χ2n) is 6.64. The van der Waals surface area contributed by atoms with E-state index in [0.717, 1.165) is 24.3 Å². The number of carbonyl (C=O) groups excluding carboxylic acids is 1. The number of carbonyl (C=O) groups is 1. The summed E-state index contributed by atoms with van der Waals surface area (Å²) in [5.74, 6) is 0.592. The predicted molar refractivity (Wildman–Crippen MR) is 94.9 cm³/mol. The second kappa shape index (κ2) is 8.41. The summed E-state index contributed by atoms with van der Waals surface area (Å²) < 4.78 is 45.5. The minimum absolute atomic E-state index is 0.243. The van der Waals surface area contributed by atoms with Crippen molar-refractivity contribution in [1.82, 2.24) is 15.8 Å². The average Bonchev–Trinajstić information content (AvgIpc) is 3.26. The van der Waals surface area contributed by atoms with Crippen LogP contribution in [0.25, 0.3) is 0 Å². The number of nitrogens with one attached hydrogen (secondary N) is 2. The molecule has 10 heteroatoms. The van der Waals surface area contributed by atoms with E-state index in [2.05, 4.69) is 25.4 Å². The lowest BCUT2D eigenvalue weighted by Crippen LogP contribution is -2.38. The maximum absolute atomic E-state index is 12.2. The van der Waals surface area contributed by atoms with Crippen LogP contribution < -0.4 is 20.3 Å². The number of rotatable bonds is 6. The molecule has 28 heavy (non-hydrogen) atoms. The van der Waals surface area contributed by atoms with E-state index in [-0.39, 0.29) is 24.2 Å². The van der Waals surface area contributed by atoms with Gasteiger partial charge in [-0.05, 0) is 43.5 Å². The van der Waals surface area contributed by atoms with E-state index in [1.54, 1.807) is 25.1 Å². The number of amides is 2. The first kappa shape index (κ1) is 19.8. The van der Waals surface area contributed by atoms with Gasteiger partial charge in [-0.2, -0.15) is 0 Å². The fourth-order valence-electron chi connectivity index (χ4n) is 3.06. The Bertz CT molecular complexity index is 792. The number of hydrogen-bond acceptors (Lipinski definition) is 5. The molecule has 152 valence electrons. The van der Waals surface area contributed by atoms with Crippen molar-refractivity contribution in [1.29, 1.82) is 0 Å². The summed E-state index contributed by atoms with van der Waals surface area (Å²) in [6.07, 6.45) is -3.82. The molecule has 0 saturated carbocycles. The van der Waals surface area contributed by atoms with Gasteiger partial charge in [-0.15, -0.1) is 13.2 Å². The lowest BCUT2D eigenvalue weighted by Gasteiger charge is -2.19. The first-order chi connectivity index (χ1) is 13.3. The monoisotopic (exact) mass is 398 g/mol. The molecule has 0 radical (unpaired) electrons. The number of urea groups is 1. The molecule has 7 nitrogen and oxygen atoms in total. The van der Waals surface area contributed by atoms with Crippen molar-refractivity contribution >= 4 is 11.7 Å². The minimum Gasteiger partial charge on any atom is -0.406 e. The third-order valence-electron chi connectivity index (χ3n) is 4.37. The summed E-state index contributed by atoms with van der Waals surface area (Å²) in [5, 5.41) is 9.27. The highest BCUT2D eigenvalue weighted by Crippen LogP contribution is 2.28. The molecule has 1 atom stereocenters. The van der Waals surface area contributed by atoms with E-state index in [9.17, 15) is 18.0 Å². The minimum atomic E-state index is -4.70. The number of aromatic nitrogens is 1. The van der Waals surface area contributed by atoms with Gasteiger partial charge in [0.25, 0.3) is 0 Å². The Hall–Kier alpha value is -2.91. The molecule has 1 aliphatic rings. The van der Waals surface area contributed by atoms with Gasteiger partial charge in [0.2, 0.25) is 0 Å². The number of anilines is 1. The van der Waals surface area contributed by atoms with E-state index in [0.29, 0.717) is 18.8 Å². The molecule has 2 amide bonds. The molecule has 2 aromatic rings. The van der Waals surface area contributed by atoms with Gasteiger partial charge >= 0.3 is 12.4 Å². The Kier molecular flexibility index (Phi) is 5.96. The standard InChI is InChI=1S/C18H21F3N4O3/c1-12-8-16(28-24-12)10-23-17(26)22-9-13-6-7-25(11-13)14-2-4-15(5-3-14)27-18(19,20)21/h2-5,8,13H,6-7,9-11H2,1H3,(H2,22,23,26)/t13-/m1/s1. The lowest BCUT2D eigenvalue weighted by molar-refractivity contribution is -0.274. The van der Waals surface area contributed by atoms with Crippen LogP contribution in [0.15, 0.2) is 34.9 Å². The van der Waals surface area contributed by atoms with Crippen LogP contribution in [0.5, 0.6) is 5.75 Å². The van der Waals surface area contributed by atoms with Crippen LogP contribution in [0.1, 0.15) is 17.9 Å². The second-order valence-corrected chi connectivity index (χ2v) is 6.64. The number of hydrogen-bond donors (Lipinski definition) is 2. The maximum atomic E-state index is 12.2. The number of ether oxygens (including phenoxy) is 1. The van der Waals surface area contributed by atoms with Crippen molar-refractivity contribution in [3.63, 3.8) is 0 Å². The van der Waals surface area contributed by atoms with Gasteiger partial charge in [0.1, 0.15) is 5.75 Å². The molecule has 1 aromatic carbocycles.